The average Bonchev–Trinajstić information content (AvgIpc) is 2.54. The Kier molecular flexibility index (Phi) is 1.17. The van der Waals surface area contributed by atoms with Crippen LogP contribution in [0.1, 0.15) is 23.2 Å². The van der Waals surface area contributed by atoms with E-state index in [4.69, 9.17) is 5.73 Å². The fourth-order valence-corrected chi connectivity index (χ4v) is 1.11. The van der Waals surface area contributed by atoms with Gasteiger partial charge in [-0.1, -0.05) is 0 Å². The number of hydrogen-bond acceptors (Lipinski definition) is 2. The molecule has 0 radical (unpaired) electrons. The molecule has 1 saturated carbocycles. The third-order valence-corrected chi connectivity index (χ3v) is 2.10. The number of aromatic nitrogens is 1. The lowest BCUT2D eigenvalue weighted by Crippen LogP contribution is -2.32. The molecule has 0 spiro atoms. The van der Waals surface area contributed by atoms with Gasteiger partial charge in [0.15, 0.2) is 5.78 Å². The molecule has 0 amide bonds. The number of Topliss-reactive ketones (excluding diaryl/α,β-unsaturated/α-hetero) is 1. The fourth-order valence-electron chi connectivity index (χ4n) is 1.11. The number of ketones is 1. The zero-order chi connectivity index (χ0) is 7.90. The second-order valence-corrected chi connectivity index (χ2v) is 3.08. The lowest BCUT2D eigenvalue weighted by atomic mass is 10.1. The minimum Gasteiger partial charge on any atom is -0.367 e. The number of carbonyl (C=O) groups is 1. The molecule has 0 aliphatic heterocycles. The number of nitrogens with two attached hydrogens (primary N) is 1. The van der Waals surface area contributed by atoms with Crippen LogP contribution in [0, 0.1) is 0 Å². The maximum atomic E-state index is 11.4. The van der Waals surface area contributed by atoms with Gasteiger partial charge in [-0.25, -0.2) is 0 Å². The third-order valence-electron chi connectivity index (χ3n) is 2.10. The van der Waals surface area contributed by atoms with Crippen LogP contribution in [-0.2, 0) is 0 Å². The highest BCUT2D eigenvalue weighted by atomic mass is 16.1. The van der Waals surface area contributed by atoms with Crippen molar-refractivity contribution in [3.8, 4) is 0 Å². The van der Waals surface area contributed by atoms with Gasteiger partial charge in [-0.05, 0) is 18.9 Å². The van der Waals surface area contributed by atoms with Gasteiger partial charge in [0, 0.05) is 18.0 Å². The molecule has 1 aromatic heterocycles. The van der Waals surface area contributed by atoms with Gasteiger partial charge in [0.1, 0.15) is 0 Å². The van der Waals surface area contributed by atoms with E-state index in [1.54, 1.807) is 18.5 Å². The van der Waals surface area contributed by atoms with Crippen molar-refractivity contribution < 1.29 is 4.79 Å². The van der Waals surface area contributed by atoms with Crippen molar-refractivity contribution in [1.82, 2.24) is 4.98 Å². The molecular formula is C8H10N2O. The van der Waals surface area contributed by atoms with Crippen LogP contribution in [0.3, 0.4) is 0 Å². The van der Waals surface area contributed by atoms with E-state index in [1.165, 1.54) is 0 Å². The second kappa shape index (κ2) is 1.95. The van der Waals surface area contributed by atoms with Gasteiger partial charge in [-0.3, -0.25) is 4.79 Å². The Morgan fingerprint density at radius 1 is 1.64 bits per heavy atom. The van der Waals surface area contributed by atoms with E-state index < -0.39 is 5.54 Å². The van der Waals surface area contributed by atoms with E-state index in [0.717, 1.165) is 12.8 Å². The van der Waals surface area contributed by atoms with Gasteiger partial charge in [0.2, 0.25) is 0 Å². The van der Waals surface area contributed by atoms with E-state index in [-0.39, 0.29) is 5.78 Å². The Hall–Kier alpha value is -1.09. The lowest BCUT2D eigenvalue weighted by Gasteiger charge is -2.03. The number of nitrogens with one attached hydrogen (secondary N) is 1. The molecule has 3 nitrogen and oxygen atoms in total. The highest BCUT2D eigenvalue weighted by Crippen LogP contribution is 2.35. The fraction of sp³-hybridized carbons (Fsp3) is 0.375. The van der Waals surface area contributed by atoms with Crippen molar-refractivity contribution in [1.29, 1.82) is 0 Å². The molecule has 0 unspecified atom stereocenters. The van der Waals surface area contributed by atoms with Crippen LogP contribution < -0.4 is 5.73 Å². The summed E-state index contributed by atoms with van der Waals surface area (Å²) in [5, 5.41) is 0. The van der Waals surface area contributed by atoms with Crippen LogP contribution in [0.5, 0.6) is 0 Å². The summed E-state index contributed by atoms with van der Waals surface area (Å²) >= 11 is 0. The van der Waals surface area contributed by atoms with Crippen LogP contribution >= 0.6 is 0 Å². The minimum atomic E-state index is -0.526. The van der Waals surface area contributed by atoms with Crippen LogP contribution in [0.4, 0.5) is 0 Å². The predicted octanol–water partition coefficient (Wildman–Crippen LogP) is 0.689. The first-order valence-electron chi connectivity index (χ1n) is 3.69. The monoisotopic (exact) mass is 150 g/mol. The first-order valence-corrected chi connectivity index (χ1v) is 3.69. The Bertz CT molecular complexity index is 272. The summed E-state index contributed by atoms with van der Waals surface area (Å²) < 4.78 is 0. The molecule has 1 aliphatic carbocycles. The maximum absolute atomic E-state index is 11.4. The zero-order valence-corrected chi connectivity index (χ0v) is 6.13. The molecule has 0 atom stereocenters. The second-order valence-electron chi connectivity index (χ2n) is 3.08. The Morgan fingerprint density at radius 3 is 2.82 bits per heavy atom. The number of aromatic amines is 1. The molecule has 1 aliphatic rings. The van der Waals surface area contributed by atoms with Crippen LogP contribution in [0.25, 0.3) is 0 Å². The van der Waals surface area contributed by atoms with Gasteiger partial charge in [0.25, 0.3) is 0 Å². The number of carbonyl (C=O) groups excluding carboxylic acids is 1. The molecule has 1 fully saturated rings. The van der Waals surface area contributed by atoms with Crippen molar-refractivity contribution in [2.45, 2.75) is 18.4 Å². The molecule has 3 N–H and O–H groups in total. The highest BCUT2D eigenvalue weighted by Gasteiger charge is 2.46. The summed E-state index contributed by atoms with van der Waals surface area (Å²) in [4.78, 5) is 14.3. The van der Waals surface area contributed by atoms with E-state index in [9.17, 15) is 4.79 Å². The minimum absolute atomic E-state index is 0.0683. The molecule has 0 aromatic carbocycles. The SMILES string of the molecule is NC1(C(=O)c2cc[nH]c2)CC1. The normalized spacial score (nSPS) is 19.7. The molecule has 11 heavy (non-hydrogen) atoms. The summed E-state index contributed by atoms with van der Waals surface area (Å²) in [6, 6.07) is 1.76. The number of rotatable bonds is 2. The van der Waals surface area contributed by atoms with Gasteiger partial charge in [-0.15, -0.1) is 0 Å². The molecule has 1 heterocycles. The molecule has 1 aromatic rings. The summed E-state index contributed by atoms with van der Waals surface area (Å²) in [6.45, 7) is 0. The third kappa shape index (κ3) is 0.973. The van der Waals surface area contributed by atoms with Crippen molar-refractivity contribution in [2.75, 3.05) is 0 Å². The molecular weight excluding hydrogens is 140 g/mol. The standard InChI is InChI=1S/C8H10N2O/c9-8(2-3-8)7(11)6-1-4-10-5-6/h1,4-5,10H,2-3,9H2. The van der Waals surface area contributed by atoms with Gasteiger partial charge >= 0.3 is 0 Å². The maximum Gasteiger partial charge on any atom is 0.184 e. The Morgan fingerprint density at radius 2 is 2.36 bits per heavy atom. The van der Waals surface area contributed by atoms with E-state index in [2.05, 4.69) is 4.98 Å². The Balaban J connectivity index is 2.24. The van der Waals surface area contributed by atoms with Crippen LogP contribution in [0.15, 0.2) is 18.5 Å². The largest absolute Gasteiger partial charge is 0.367 e. The zero-order valence-electron chi connectivity index (χ0n) is 6.13. The van der Waals surface area contributed by atoms with E-state index >= 15 is 0 Å². The predicted molar refractivity (Wildman–Crippen MR) is 41.3 cm³/mol. The van der Waals surface area contributed by atoms with Crippen LogP contribution in [0.2, 0.25) is 0 Å². The van der Waals surface area contributed by atoms with E-state index in [1.807, 2.05) is 0 Å². The molecule has 2 rings (SSSR count). The van der Waals surface area contributed by atoms with Gasteiger partial charge < -0.3 is 10.7 Å². The number of H-pyrrole nitrogens is 1. The van der Waals surface area contributed by atoms with Crippen molar-refractivity contribution >= 4 is 5.78 Å². The lowest BCUT2D eigenvalue weighted by molar-refractivity contribution is 0.0949. The molecule has 3 heteroatoms. The molecule has 0 saturated heterocycles. The molecule has 0 bridgehead atoms. The topological polar surface area (TPSA) is 58.9 Å². The smallest absolute Gasteiger partial charge is 0.184 e. The van der Waals surface area contributed by atoms with Gasteiger partial charge in [0.05, 0.1) is 5.54 Å². The quantitative estimate of drug-likeness (QED) is 0.609. The average molecular weight is 150 g/mol. The summed E-state index contributed by atoms with van der Waals surface area (Å²) in [6.07, 6.45) is 5.09. The van der Waals surface area contributed by atoms with Crippen molar-refractivity contribution in [2.24, 2.45) is 5.73 Å². The molecule has 58 valence electrons. The van der Waals surface area contributed by atoms with E-state index in [0.29, 0.717) is 5.56 Å². The Labute approximate surface area is 64.6 Å². The summed E-state index contributed by atoms with van der Waals surface area (Å²) in [7, 11) is 0. The summed E-state index contributed by atoms with van der Waals surface area (Å²) in [5.41, 5.74) is 5.89. The first-order chi connectivity index (χ1) is 5.22. The van der Waals surface area contributed by atoms with Crippen molar-refractivity contribution in [3.63, 3.8) is 0 Å². The first kappa shape index (κ1) is 6.61. The summed E-state index contributed by atoms with van der Waals surface area (Å²) in [5.74, 6) is 0.0683. The van der Waals surface area contributed by atoms with Crippen molar-refractivity contribution in [3.05, 3.63) is 24.0 Å². The van der Waals surface area contributed by atoms with Crippen LogP contribution in [-0.4, -0.2) is 16.3 Å². The van der Waals surface area contributed by atoms with Gasteiger partial charge in [-0.2, -0.15) is 0 Å². The highest BCUT2D eigenvalue weighted by molar-refractivity contribution is 6.04. The number of hydrogen-bond donors (Lipinski definition) is 2.